The van der Waals surface area contributed by atoms with Gasteiger partial charge in [-0.1, -0.05) is 40.5 Å². The molecule has 0 aromatic heterocycles. The summed E-state index contributed by atoms with van der Waals surface area (Å²) in [5, 5.41) is 5.17. The third-order valence-corrected chi connectivity index (χ3v) is 2.90. The van der Waals surface area contributed by atoms with Crippen molar-refractivity contribution >= 4 is 0 Å². The summed E-state index contributed by atoms with van der Waals surface area (Å²) >= 11 is 0. The van der Waals surface area contributed by atoms with Crippen LogP contribution in [0.2, 0.25) is 0 Å². The first-order chi connectivity index (χ1) is 7.79. The number of hydrazine groups is 1. The van der Waals surface area contributed by atoms with Gasteiger partial charge in [-0.05, 0) is 25.7 Å². The Morgan fingerprint density at radius 1 is 0.500 bits per heavy atom. The van der Waals surface area contributed by atoms with Crippen LogP contribution in [0.3, 0.4) is 0 Å². The van der Waals surface area contributed by atoms with Crippen LogP contribution in [0.15, 0.2) is 0 Å². The molecule has 0 rings (SSSR count). The SMILES string of the molecule is CCCCN(CCCC)N(CCC)CCC. The molecule has 0 amide bonds. The summed E-state index contributed by atoms with van der Waals surface area (Å²) in [4.78, 5) is 0. The number of rotatable bonds is 11. The molecule has 98 valence electrons. The first-order valence-corrected chi connectivity index (χ1v) is 7.29. The van der Waals surface area contributed by atoms with Crippen molar-refractivity contribution in [1.82, 2.24) is 10.0 Å². The van der Waals surface area contributed by atoms with E-state index in [1.165, 1.54) is 64.7 Å². The Balaban J connectivity index is 4.15. The predicted molar refractivity (Wildman–Crippen MR) is 73.5 cm³/mol. The van der Waals surface area contributed by atoms with Gasteiger partial charge in [-0.15, -0.1) is 0 Å². The fourth-order valence-electron chi connectivity index (χ4n) is 1.99. The Labute approximate surface area is 103 Å². The summed E-state index contributed by atoms with van der Waals surface area (Å²) < 4.78 is 0. The average molecular weight is 228 g/mol. The van der Waals surface area contributed by atoms with Crippen molar-refractivity contribution < 1.29 is 0 Å². The van der Waals surface area contributed by atoms with E-state index in [2.05, 4.69) is 37.7 Å². The van der Waals surface area contributed by atoms with Gasteiger partial charge in [-0.25, -0.2) is 10.0 Å². The minimum atomic E-state index is 1.22. The molecule has 0 spiro atoms. The van der Waals surface area contributed by atoms with Crippen LogP contribution < -0.4 is 0 Å². The van der Waals surface area contributed by atoms with Crippen molar-refractivity contribution in [2.75, 3.05) is 26.2 Å². The van der Waals surface area contributed by atoms with Crippen molar-refractivity contribution in [3.05, 3.63) is 0 Å². The van der Waals surface area contributed by atoms with Crippen LogP contribution in [0.5, 0.6) is 0 Å². The summed E-state index contributed by atoms with van der Waals surface area (Å²) in [5.74, 6) is 0. The highest BCUT2D eigenvalue weighted by Gasteiger charge is 2.12. The third kappa shape index (κ3) is 7.24. The van der Waals surface area contributed by atoms with E-state index in [4.69, 9.17) is 0 Å². The van der Waals surface area contributed by atoms with Crippen LogP contribution in [0.25, 0.3) is 0 Å². The second-order valence-corrected chi connectivity index (χ2v) is 4.61. The van der Waals surface area contributed by atoms with Crippen LogP contribution in [0.4, 0.5) is 0 Å². The van der Waals surface area contributed by atoms with Gasteiger partial charge in [-0.2, -0.15) is 0 Å². The lowest BCUT2D eigenvalue weighted by molar-refractivity contribution is -0.0274. The molecule has 0 unspecified atom stereocenters. The molecular formula is C14H32N2. The zero-order chi connectivity index (χ0) is 12.2. The van der Waals surface area contributed by atoms with Crippen LogP contribution in [-0.2, 0) is 0 Å². The highest BCUT2D eigenvalue weighted by atomic mass is 15.6. The van der Waals surface area contributed by atoms with Crippen molar-refractivity contribution in [1.29, 1.82) is 0 Å². The summed E-state index contributed by atoms with van der Waals surface area (Å²) in [6.45, 7) is 14.1. The van der Waals surface area contributed by atoms with E-state index in [0.717, 1.165) is 0 Å². The molecule has 2 heteroatoms. The van der Waals surface area contributed by atoms with Gasteiger partial charge < -0.3 is 0 Å². The fraction of sp³-hybridized carbons (Fsp3) is 1.00. The molecule has 0 saturated heterocycles. The minimum Gasteiger partial charge on any atom is -0.242 e. The van der Waals surface area contributed by atoms with E-state index in [1.54, 1.807) is 0 Å². The molecule has 0 heterocycles. The molecule has 0 aromatic carbocycles. The van der Waals surface area contributed by atoms with Gasteiger partial charge in [0.05, 0.1) is 0 Å². The second-order valence-electron chi connectivity index (χ2n) is 4.61. The first-order valence-electron chi connectivity index (χ1n) is 7.29. The summed E-state index contributed by atoms with van der Waals surface area (Å²) in [7, 11) is 0. The number of hydrogen-bond acceptors (Lipinski definition) is 2. The smallest absolute Gasteiger partial charge is 0.0133 e. The molecular weight excluding hydrogens is 196 g/mol. The van der Waals surface area contributed by atoms with Crippen molar-refractivity contribution in [2.45, 2.75) is 66.2 Å². The number of hydrogen-bond donors (Lipinski definition) is 0. The Morgan fingerprint density at radius 3 is 1.19 bits per heavy atom. The maximum Gasteiger partial charge on any atom is 0.0133 e. The molecule has 0 atom stereocenters. The van der Waals surface area contributed by atoms with Crippen LogP contribution in [0.1, 0.15) is 66.2 Å². The van der Waals surface area contributed by atoms with Gasteiger partial charge >= 0.3 is 0 Å². The Bertz CT molecular complexity index is 123. The standard InChI is InChI=1S/C14H32N2/c1-5-9-13-16(14-10-6-2)15(11-7-3)12-8-4/h5-14H2,1-4H3. The summed E-state index contributed by atoms with van der Waals surface area (Å²) in [6.07, 6.45) is 7.77. The highest BCUT2D eigenvalue weighted by molar-refractivity contribution is 4.58. The van der Waals surface area contributed by atoms with Gasteiger partial charge in [-0.3, -0.25) is 0 Å². The highest BCUT2D eigenvalue weighted by Crippen LogP contribution is 2.06. The molecule has 0 aliphatic rings. The molecule has 0 saturated carbocycles. The van der Waals surface area contributed by atoms with E-state index >= 15 is 0 Å². The fourth-order valence-corrected chi connectivity index (χ4v) is 1.99. The molecule has 16 heavy (non-hydrogen) atoms. The maximum absolute atomic E-state index is 2.60. The molecule has 0 aliphatic carbocycles. The van der Waals surface area contributed by atoms with Crippen molar-refractivity contribution in [2.24, 2.45) is 0 Å². The van der Waals surface area contributed by atoms with E-state index in [9.17, 15) is 0 Å². The molecule has 0 fully saturated rings. The Hall–Kier alpha value is -0.0800. The van der Waals surface area contributed by atoms with E-state index in [1.807, 2.05) is 0 Å². The summed E-state index contributed by atoms with van der Waals surface area (Å²) in [6, 6.07) is 0. The lowest BCUT2D eigenvalue weighted by Gasteiger charge is -2.35. The lowest BCUT2D eigenvalue weighted by atomic mass is 10.3. The average Bonchev–Trinajstić information content (AvgIpc) is 2.29. The molecule has 0 N–H and O–H groups in total. The van der Waals surface area contributed by atoms with Gasteiger partial charge in [0.25, 0.3) is 0 Å². The molecule has 2 nitrogen and oxygen atoms in total. The van der Waals surface area contributed by atoms with Crippen LogP contribution in [-0.4, -0.2) is 36.2 Å². The third-order valence-electron chi connectivity index (χ3n) is 2.90. The van der Waals surface area contributed by atoms with E-state index < -0.39 is 0 Å². The van der Waals surface area contributed by atoms with Gasteiger partial charge in [0.15, 0.2) is 0 Å². The van der Waals surface area contributed by atoms with E-state index in [-0.39, 0.29) is 0 Å². The van der Waals surface area contributed by atoms with Crippen LogP contribution in [0, 0.1) is 0 Å². The first kappa shape index (κ1) is 15.9. The quantitative estimate of drug-likeness (QED) is 0.494. The topological polar surface area (TPSA) is 6.48 Å². The monoisotopic (exact) mass is 228 g/mol. The van der Waals surface area contributed by atoms with Crippen molar-refractivity contribution in [3.63, 3.8) is 0 Å². The second kappa shape index (κ2) is 11.4. The largest absolute Gasteiger partial charge is 0.242 e. The molecule has 0 bridgehead atoms. The van der Waals surface area contributed by atoms with Crippen molar-refractivity contribution in [3.8, 4) is 0 Å². The Morgan fingerprint density at radius 2 is 0.875 bits per heavy atom. The zero-order valence-electron chi connectivity index (χ0n) is 12.0. The van der Waals surface area contributed by atoms with Gasteiger partial charge in [0.1, 0.15) is 0 Å². The molecule has 0 aliphatic heterocycles. The van der Waals surface area contributed by atoms with Crippen LogP contribution >= 0.6 is 0 Å². The number of unbranched alkanes of at least 4 members (excludes halogenated alkanes) is 2. The minimum absolute atomic E-state index is 1.22. The maximum atomic E-state index is 2.60. The Kier molecular flexibility index (Phi) is 11.3. The molecule has 0 aromatic rings. The predicted octanol–water partition coefficient (Wildman–Crippen LogP) is 3.93. The zero-order valence-corrected chi connectivity index (χ0v) is 12.0. The molecule has 0 radical (unpaired) electrons. The van der Waals surface area contributed by atoms with Gasteiger partial charge in [0.2, 0.25) is 0 Å². The lowest BCUT2D eigenvalue weighted by Crippen LogP contribution is -2.44. The normalized spacial score (nSPS) is 11.6. The number of nitrogens with zero attached hydrogens (tertiary/aromatic N) is 2. The van der Waals surface area contributed by atoms with E-state index in [0.29, 0.717) is 0 Å². The van der Waals surface area contributed by atoms with Gasteiger partial charge in [0, 0.05) is 26.2 Å². The summed E-state index contributed by atoms with van der Waals surface area (Å²) in [5.41, 5.74) is 0.